The molecule has 72 valence electrons. The van der Waals surface area contributed by atoms with Gasteiger partial charge in [-0.3, -0.25) is 0 Å². The van der Waals surface area contributed by atoms with Crippen molar-refractivity contribution >= 4 is 0 Å². The van der Waals surface area contributed by atoms with E-state index in [0.29, 0.717) is 18.5 Å². The molecule has 3 unspecified atom stereocenters. The zero-order valence-corrected chi connectivity index (χ0v) is 7.59. The summed E-state index contributed by atoms with van der Waals surface area (Å²) in [6.07, 6.45) is 2.85. The number of hydrogen-bond donors (Lipinski definition) is 2. The van der Waals surface area contributed by atoms with Gasteiger partial charge in [-0.15, -0.1) is 0 Å². The first-order valence-electron chi connectivity index (χ1n) is 4.71. The first-order valence-corrected chi connectivity index (χ1v) is 4.71. The lowest BCUT2D eigenvalue weighted by Gasteiger charge is -2.18. The summed E-state index contributed by atoms with van der Waals surface area (Å²) in [5.74, 6) is 0.678. The van der Waals surface area contributed by atoms with E-state index in [1.165, 1.54) is 19.3 Å². The van der Waals surface area contributed by atoms with E-state index in [-0.39, 0.29) is 0 Å². The quantitative estimate of drug-likeness (QED) is 0.670. The molecule has 0 spiro atoms. The average molecular weight is 175 g/mol. The summed E-state index contributed by atoms with van der Waals surface area (Å²) in [5.41, 5.74) is 0. The molecule has 0 radical (unpaired) electrons. The molecular formula is C9H18FNO. The molecule has 2 N–H and O–H groups in total. The second-order valence-electron chi connectivity index (χ2n) is 3.73. The van der Waals surface area contributed by atoms with Crippen LogP contribution in [0.25, 0.3) is 0 Å². The van der Waals surface area contributed by atoms with E-state index in [4.69, 9.17) is 5.11 Å². The van der Waals surface area contributed by atoms with Crippen LogP contribution in [0.3, 0.4) is 0 Å². The zero-order chi connectivity index (χ0) is 8.97. The second kappa shape index (κ2) is 4.77. The highest BCUT2D eigenvalue weighted by Crippen LogP contribution is 2.24. The van der Waals surface area contributed by atoms with Crippen LogP contribution >= 0.6 is 0 Å². The lowest BCUT2D eigenvalue weighted by molar-refractivity contribution is 0.132. The third kappa shape index (κ3) is 2.72. The van der Waals surface area contributed by atoms with Crippen molar-refractivity contribution in [3.8, 4) is 0 Å². The molecule has 3 atom stereocenters. The number of aliphatic hydroxyl groups excluding tert-OH is 1. The summed E-state index contributed by atoms with van der Waals surface area (Å²) in [7, 11) is 0. The number of alkyl halides is 1. The van der Waals surface area contributed by atoms with Crippen molar-refractivity contribution in [1.29, 1.82) is 0 Å². The maximum atomic E-state index is 11.9. The van der Waals surface area contributed by atoms with Crippen molar-refractivity contribution in [2.75, 3.05) is 13.2 Å². The minimum absolute atomic E-state index is 0.394. The van der Waals surface area contributed by atoms with Crippen LogP contribution in [0.4, 0.5) is 4.39 Å². The van der Waals surface area contributed by atoms with Crippen molar-refractivity contribution in [3.05, 3.63) is 0 Å². The van der Waals surface area contributed by atoms with Crippen molar-refractivity contribution in [1.82, 2.24) is 5.32 Å². The Morgan fingerprint density at radius 2 is 2.33 bits per heavy atom. The Kier molecular flexibility index (Phi) is 3.95. The summed E-state index contributed by atoms with van der Waals surface area (Å²) in [5, 5.41) is 12.2. The van der Waals surface area contributed by atoms with Crippen LogP contribution in [-0.4, -0.2) is 30.5 Å². The largest absolute Gasteiger partial charge is 0.389 e. The van der Waals surface area contributed by atoms with Gasteiger partial charge >= 0.3 is 0 Å². The van der Waals surface area contributed by atoms with Crippen LogP contribution in [0, 0.1) is 5.92 Å². The number of aliphatic hydroxyl groups is 1. The molecule has 1 aliphatic rings. The molecule has 1 fully saturated rings. The minimum Gasteiger partial charge on any atom is -0.389 e. The van der Waals surface area contributed by atoms with E-state index >= 15 is 0 Å². The number of nitrogens with one attached hydrogen (secondary N) is 1. The molecule has 0 aromatic rings. The Morgan fingerprint density at radius 3 is 2.83 bits per heavy atom. The highest BCUT2D eigenvalue weighted by atomic mass is 19.1. The Balaban J connectivity index is 2.13. The monoisotopic (exact) mass is 175 g/mol. The fraction of sp³-hybridized carbons (Fsp3) is 1.00. The summed E-state index contributed by atoms with van der Waals surface area (Å²) in [6, 6.07) is 0.492. The molecule has 0 saturated heterocycles. The number of rotatable bonds is 4. The lowest BCUT2D eigenvalue weighted by Crippen LogP contribution is -2.37. The van der Waals surface area contributed by atoms with Gasteiger partial charge in [-0.25, -0.2) is 4.39 Å². The molecular weight excluding hydrogens is 157 g/mol. The van der Waals surface area contributed by atoms with E-state index in [1.54, 1.807) is 0 Å². The van der Waals surface area contributed by atoms with Crippen LogP contribution in [-0.2, 0) is 0 Å². The Labute approximate surface area is 73.2 Å². The fourth-order valence-corrected chi connectivity index (χ4v) is 1.79. The van der Waals surface area contributed by atoms with Gasteiger partial charge in [0.2, 0.25) is 0 Å². The van der Waals surface area contributed by atoms with Gasteiger partial charge in [0.15, 0.2) is 0 Å². The smallest absolute Gasteiger partial charge is 0.117 e. The van der Waals surface area contributed by atoms with Crippen LogP contribution in [0.15, 0.2) is 0 Å². The first kappa shape index (κ1) is 9.93. The summed E-state index contributed by atoms with van der Waals surface area (Å²) < 4.78 is 11.9. The maximum Gasteiger partial charge on any atom is 0.117 e. The highest BCUT2D eigenvalue weighted by Gasteiger charge is 2.22. The van der Waals surface area contributed by atoms with Crippen molar-refractivity contribution in [3.63, 3.8) is 0 Å². The summed E-state index contributed by atoms with van der Waals surface area (Å²) in [6.45, 7) is 1.95. The molecule has 2 nitrogen and oxygen atoms in total. The minimum atomic E-state index is -0.821. The summed E-state index contributed by atoms with van der Waals surface area (Å²) in [4.78, 5) is 0. The molecule has 0 aromatic carbocycles. The zero-order valence-electron chi connectivity index (χ0n) is 7.59. The van der Waals surface area contributed by atoms with Crippen LogP contribution in [0.2, 0.25) is 0 Å². The Bertz CT molecular complexity index is 132. The predicted octanol–water partition coefficient (Wildman–Crippen LogP) is 1.09. The number of hydrogen-bond acceptors (Lipinski definition) is 2. The van der Waals surface area contributed by atoms with Gasteiger partial charge in [0.25, 0.3) is 0 Å². The Hall–Kier alpha value is -0.150. The van der Waals surface area contributed by atoms with Gasteiger partial charge in [0, 0.05) is 12.6 Å². The molecule has 1 saturated carbocycles. The number of halogens is 1. The molecule has 0 amide bonds. The van der Waals surface area contributed by atoms with Crippen molar-refractivity contribution < 1.29 is 9.50 Å². The predicted molar refractivity (Wildman–Crippen MR) is 46.8 cm³/mol. The topological polar surface area (TPSA) is 32.3 Å². The van der Waals surface area contributed by atoms with Gasteiger partial charge < -0.3 is 10.4 Å². The third-order valence-corrected chi connectivity index (χ3v) is 2.66. The second-order valence-corrected chi connectivity index (χ2v) is 3.73. The lowest BCUT2D eigenvalue weighted by atomic mass is 10.1. The van der Waals surface area contributed by atoms with Crippen LogP contribution < -0.4 is 5.32 Å². The van der Waals surface area contributed by atoms with Crippen LogP contribution in [0.1, 0.15) is 26.2 Å². The molecule has 0 bridgehead atoms. The molecule has 0 heterocycles. The molecule has 1 rings (SSSR count). The Morgan fingerprint density at radius 1 is 1.58 bits per heavy atom. The molecule has 12 heavy (non-hydrogen) atoms. The van der Waals surface area contributed by atoms with Crippen molar-refractivity contribution in [2.24, 2.45) is 5.92 Å². The van der Waals surface area contributed by atoms with Gasteiger partial charge in [0.05, 0.1) is 6.10 Å². The first-order chi connectivity index (χ1) is 5.74. The third-order valence-electron chi connectivity index (χ3n) is 2.66. The fourth-order valence-electron chi connectivity index (χ4n) is 1.79. The van der Waals surface area contributed by atoms with Gasteiger partial charge in [-0.1, -0.05) is 13.3 Å². The molecule has 3 heteroatoms. The molecule has 0 aliphatic heterocycles. The standard InChI is InChI=1S/C9H18FNO/c1-7-3-2-4-9(7)11-6-8(12)5-10/h7-9,11-12H,2-6H2,1H3. The van der Waals surface area contributed by atoms with Crippen molar-refractivity contribution in [2.45, 2.75) is 38.3 Å². The molecule has 1 aliphatic carbocycles. The van der Waals surface area contributed by atoms with Gasteiger partial charge in [-0.05, 0) is 18.8 Å². The summed E-state index contributed by atoms with van der Waals surface area (Å²) >= 11 is 0. The van der Waals surface area contributed by atoms with E-state index in [0.717, 1.165) is 0 Å². The molecule has 0 aromatic heterocycles. The van der Waals surface area contributed by atoms with E-state index < -0.39 is 12.8 Å². The van der Waals surface area contributed by atoms with Gasteiger partial charge in [-0.2, -0.15) is 0 Å². The average Bonchev–Trinajstić information content (AvgIpc) is 2.47. The SMILES string of the molecule is CC1CCCC1NCC(O)CF. The highest BCUT2D eigenvalue weighted by molar-refractivity contribution is 4.80. The van der Waals surface area contributed by atoms with E-state index in [2.05, 4.69) is 12.2 Å². The van der Waals surface area contributed by atoms with Crippen LogP contribution in [0.5, 0.6) is 0 Å². The van der Waals surface area contributed by atoms with E-state index in [9.17, 15) is 4.39 Å². The van der Waals surface area contributed by atoms with E-state index in [1.807, 2.05) is 0 Å². The maximum absolute atomic E-state index is 11.9. The van der Waals surface area contributed by atoms with Gasteiger partial charge in [0.1, 0.15) is 6.67 Å². The normalized spacial score (nSPS) is 32.2.